The average Bonchev–Trinajstić information content (AvgIpc) is 2.96. The zero-order chi connectivity index (χ0) is 21.0. The van der Waals surface area contributed by atoms with Crippen LogP contribution >= 0.6 is 0 Å². The molecule has 150 valence electrons. The third kappa shape index (κ3) is 4.09. The minimum atomic E-state index is -0.419. The molecule has 5 heteroatoms. The summed E-state index contributed by atoms with van der Waals surface area (Å²) in [5.41, 5.74) is 4.24. The number of hydrogen-bond acceptors (Lipinski definition) is 3. The van der Waals surface area contributed by atoms with Crippen molar-refractivity contribution in [3.8, 4) is 0 Å². The van der Waals surface area contributed by atoms with Gasteiger partial charge in [0, 0.05) is 12.7 Å². The molecule has 0 atom stereocenters. The standard InChI is InChI=1S/C24H26N2O3/c1-5-29-24(28)22-16(2)20(17(3)26(22)4)23(27)25-21(18-12-8-6-9-13-18)19-14-10-7-11-15-19/h6-15,21H,5H2,1-4H3,(H,25,27). The van der Waals surface area contributed by atoms with Crippen LogP contribution in [0.4, 0.5) is 0 Å². The Kier molecular flexibility index (Phi) is 6.17. The summed E-state index contributed by atoms with van der Waals surface area (Å²) >= 11 is 0. The lowest BCUT2D eigenvalue weighted by atomic mass is 9.98. The fraction of sp³-hybridized carbons (Fsp3) is 0.250. The molecule has 0 saturated carbocycles. The highest BCUT2D eigenvalue weighted by molar-refractivity contribution is 6.01. The summed E-state index contributed by atoms with van der Waals surface area (Å²) in [7, 11) is 1.78. The van der Waals surface area contributed by atoms with E-state index in [0.717, 1.165) is 16.8 Å². The van der Waals surface area contributed by atoms with Crippen molar-refractivity contribution in [2.75, 3.05) is 6.61 Å². The molecule has 0 aliphatic heterocycles. The number of carbonyl (C=O) groups is 2. The third-order valence-electron chi connectivity index (χ3n) is 5.17. The van der Waals surface area contributed by atoms with E-state index in [1.165, 1.54) is 0 Å². The van der Waals surface area contributed by atoms with Gasteiger partial charge in [0.2, 0.25) is 0 Å². The predicted octanol–water partition coefficient (Wildman–Crippen LogP) is 4.34. The minimum Gasteiger partial charge on any atom is -0.461 e. The van der Waals surface area contributed by atoms with Gasteiger partial charge >= 0.3 is 5.97 Å². The van der Waals surface area contributed by atoms with Gasteiger partial charge in [-0.3, -0.25) is 4.79 Å². The molecule has 0 radical (unpaired) electrons. The number of hydrogen-bond donors (Lipinski definition) is 1. The topological polar surface area (TPSA) is 60.3 Å². The Hall–Kier alpha value is -3.34. The van der Waals surface area contributed by atoms with Crippen LogP contribution in [-0.2, 0) is 11.8 Å². The number of nitrogens with one attached hydrogen (secondary N) is 1. The number of aromatic nitrogens is 1. The summed E-state index contributed by atoms with van der Waals surface area (Å²) in [5.74, 6) is -0.638. The predicted molar refractivity (Wildman–Crippen MR) is 113 cm³/mol. The first-order chi connectivity index (χ1) is 14.0. The van der Waals surface area contributed by atoms with Crippen LogP contribution in [-0.4, -0.2) is 23.1 Å². The Balaban J connectivity index is 1.99. The zero-order valence-electron chi connectivity index (χ0n) is 17.2. The summed E-state index contributed by atoms with van der Waals surface area (Å²) in [6.45, 7) is 5.67. The van der Waals surface area contributed by atoms with E-state index >= 15 is 0 Å². The first kappa shape index (κ1) is 20.4. The van der Waals surface area contributed by atoms with Gasteiger partial charge in [0.25, 0.3) is 5.91 Å². The zero-order valence-corrected chi connectivity index (χ0v) is 17.2. The molecule has 3 aromatic rings. The van der Waals surface area contributed by atoms with Gasteiger partial charge in [-0.1, -0.05) is 60.7 Å². The van der Waals surface area contributed by atoms with Crippen molar-refractivity contribution in [2.24, 2.45) is 7.05 Å². The summed E-state index contributed by atoms with van der Waals surface area (Å²) in [6.07, 6.45) is 0. The monoisotopic (exact) mass is 390 g/mol. The molecular formula is C24H26N2O3. The van der Waals surface area contributed by atoms with Crippen LogP contribution in [0, 0.1) is 13.8 Å². The largest absolute Gasteiger partial charge is 0.461 e. The van der Waals surface area contributed by atoms with Crippen molar-refractivity contribution in [3.63, 3.8) is 0 Å². The van der Waals surface area contributed by atoms with E-state index in [9.17, 15) is 9.59 Å². The van der Waals surface area contributed by atoms with Gasteiger partial charge in [-0.25, -0.2) is 4.79 Å². The molecule has 0 saturated heterocycles. The van der Waals surface area contributed by atoms with Gasteiger partial charge in [-0.15, -0.1) is 0 Å². The van der Waals surface area contributed by atoms with Gasteiger partial charge in [0.05, 0.1) is 18.2 Å². The molecule has 0 unspecified atom stereocenters. The normalized spacial score (nSPS) is 10.8. The molecule has 0 aliphatic carbocycles. The number of benzene rings is 2. The van der Waals surface area contributed by atoms with E-state index in [-0.39, 0.29) is 18.6 Å². The fourth-order valence-corrected chi connectivity index (χ4v) is 3.65. The second kappa shape index (κ2) is 8.78. The molecule has 0 spiro atoms. The highest BCUT2D eigenvalue weighted by Crippen LogP contribution is 2.26. The Bertz CT molecular complexity index is 968. The van der Waals surface area contributed by atoms with E-state index in [2.05, 4.69) is 5.32 Å². The van der Waals surface area contributed by atoms with E-state index < -0.39 is 5.97 Å². The highest BCUT2D eigenvalue weighted by Gasteiger charge is 2.27. The Labute approximate surface area is 171 Å². The molecule has 1 aromatic heterocycles. The molecule has 5 nitrogen and oxygen atoms in total. The maximum Gasteiger partial charge on any atom is 0.355 e. The van der Waals surface area contributed by atoms with Crippen molar-refractivity contribution in [3.05, 3.63) is 94.3 Å². The van der Waals surface area contributed by atoms with Crippen LogP contribution in [0.2, 0.25) is 0 Å². The number of carbonyl (C=O) groups excluding carboxylic acids is 2. The van der Waals surface area contributed by atoms with Crippen LogP contribution in [0.5, 0.6) is 0 Å². The van der Waals surface area contributed by atoms with Crippen molar-refractivity contribution in [2.45, 2.75) is 26.8 Å². The van der Waals surface area contributed by atoms with Crippen LogP contribution in [0.1, 0.15) is 56.2 Å². The Morgan fingerprint density at radius 1 is 0.966 bits per heavy atom. The molecule has 2 aromatic carbocycles. The van der Waals surface area contributed by atoms with Crippen molar-refractivity contribution < 1.29 is 14.3 Å². The lowest BCUT2D eigenvalue weighted by Gasteiger charge is -2.20. The number of rotatable bonds is 6. The Morgan fingerprint density at radius 3 is 1.97 bits per heavy atom. The quantitative estimate of drug-likeness (QED) is 0.637. The molecule has 1 heterocycles. The summed E-state index contributed by atoms with van der Waals surface area (Å²) in [5, 5.41) is 3.15. The first-order valence-corrected chi connectivity index (χ1v) is 9.69. The van der Waals surface area contributed by atoms with Crippen molar-refractivity contribution in [1.82, 2.24) is 9.88 Å². The molecule has 0 fully saturated rings. The average molecular weight is 390 g/mol. The van der Waals surface area contributed by atoms with Crippen molar-refractivity contribution >= 4 is 11.9 Å². The van der Waals surface area contributed by atoms with E-state index in [0.29, 0.717) is 16.8 Å². The van der Waals surface area contributed by atoms with Crippen LogP contribution < -0.4 is 5.32 Å². The second-order valence-corrected chi connectivity index (χ2v) is 6.94. The highest BCUT2D eigenvalue weighted by atomic mass is 16.5. The lowest BCUT2D eigenvalue weighted by Crippen LogP contribution is -2.30. The Morgan fingerprint density at radius 2 is 1.48 bits per heavy atom. The van der Waals surface area contributed by atoms with Crippen LogP contribution in [0.15, 0.2) is 60.7 Å². The molecular weight excluding hydrogens is 364 g/mol. The second-order valence-electron chi connectivity index (χ2n) is 6.94. The van der Waals surface area contributed by atoms with Gasteiger partial charge in [0.15, 0.2) is 0 Å². The maximum atomic E-state index is 13.3. The van der Waals surface area contributed by atoms with Crippen molar-refractivity contribution in [1.29, 1.82) is 0 Å². The maximum absolute atomic E-state index is 13.3. The van der Waals surface area contributed by atoms with Gasteiger partial charge in [0.1, 0.15) is 5.69 Å². The van der Waals surface area contributed by atoms with Gasteiger partial charge in [-0.05, 0) is 37.5 Å². The fourth-order valence-electron chi connectivity index (χ4n) is 3.65. The smallest absolute Gasteiger partial charge is 0.355 e. The molecule has 29 heavy (non-hydrogen) atoms. The number of ether oxygens (including phenoxy) is 1. The SMILES string of the molecule is CCOC(=O)c1c(C)c(C(=O)NC(c2ccccc2)c2ccccc2)c(C)n1C. The summed E-state index contributed by atoms with van der Waals surface area (Å²) in [6, 6.07) is 19.4. The third-order valence-corrected chi connectivity index (χ3v) is 5.17. The number of esters is 1. The molecule has 1 N–H and O–H groups in total. The molecule has 0 bridgehead atoms. The summed E-state index contributed by atoms with van der Waals surface area (Å²) in [4.78, 5) is 25.7. The minimum absolute atomic E-state index is 0.219. The molecule has 0 aliphatic rings. The van der Waals surface area contributed by atoms with E-state index in [1.807, 2.05) is 67.6 Å². The number of nitrogens with zero attached hydrogens (tertiary/aromatic N) is 1. The van der Waals surface area contributed by atoms with E-state index in [4.69, 9.17) is 4.74 Å². The molecule has 3 rings (SSSR count). The summed E-state index contributed by atoms with van der Waals surface area (Å²) < 4.78 is 6.89. The van der Waals surface area contributed by atoms with Gasteiger partial charge in [-0.2, -0.15) is 0 Å². The first-order valence-electron chi connectivity index (χ1n) is 9.69. The van der Waals surface area contributed by atoms with Crippen LogP contribution in [0.25, 0.3) is 0 Å². The molecule has 1 amide bonds. The van der Waals surface area contributed by atoms with Crippen LogP contribution in [0.3, 0.4) is 0 Å². The lowest BCUT2D eigenvalue weighted by molar-refractivity contribution is 0.0514. The number of amides is 1. The van der Waals surface area contributed by atoms with E-state index in [1.54, 1.807) is 25.5 Å². The van der Waals surface area contributed by atoms with Gasteiger partial charge < -0.3 is 14.6 Å².